The SMILES string of the molecule is N#Cc1ccc(-c2cnc3[nH]cc(/C=C/C(N)=O)c3n2)cc1F. The summed E-state index contributed by atoms with van der Waals surface area (Å²) in [4.78, 5) is 22.4. The molecule has 1 aromatic carbocycles. The van der Waals surface area contributed by atoms with Gasteiger partial charge in [-0.1, -0.05) is 6.07 Å². The molecular formula is C16H10FN5O. The molecular weight excluding hydrogens is 297 g/mol. The van der Waals surface area contributed by atoms with Crippen LogP contribution in [-0.4, -0.2) is 20.9 Å². The molecule has 3 rings (SSSR count). The lowest BCUT2D eigenvalue weighted by atomic mass is 10.1. The Morgan fingerprint density at radius 2 is 2.26 bits per heavy atom. The van der Waals surface area contributed by atoms with E-state index in [-0.39, 0.29) is 5.56 Å². The molecule has 23 heavy (non-hydrogen) atoms. The van der Waals surface area contributed by atoms with E-state index in [1.165, 1.54) is 30.5 Å². The Balaban J connectivity index is 2.09. The molecule has 2 aromatic heterocycles. The van der Waals surface area contributed by atoms with E-state index >= 15 is 0 Å². The summed E-state index contributed by atoms with van der Waals surface area (Å²) in [6.45, 7) is 0. The Morgan fingerprint density at radius 3 is 2.96 bits per heavy atom. The molecule has 3 aromatic rings. The van der Waals surface area contributed by atoms with Gasteiger partial charge in [-0.25, -0.2) is 14.4 Å². The van der Waals surface area contributed by atoms with Crippen LogP contribution in [0.5, 0.6) is 0 Å². The minimum atomic E-state index is -0.616. The fourth-order valence-electron chi connectivity index (χ4n) is 2.11. The molecule has 0 aliphatic carbocycles. The average molecular weight is 307 g/mol. The second kappa shape index (κ2) is 5.69. The molecule has 0 unspecified atom stereocenters. The molecule has 6 nitrogen and oxygen atoms in total. The van der Waals surface area contributed by atoms with Gasteiger partial charge >= 0.3 is 0 Å². The number of aromatic amines is 1. The van der Waals surface area contributed by atoms with Gasteiger partial charge in [0.05, 0.1) is 17.5 Å². The van der Waals surface area contributed by atoms with E-state index in [0.29, 0.717) is 28.0 Å². The largest absolute Gasteiger partial charge is 0.366 e. The van der Waals surface area contributed by atoms with Gasteiger partial charge in [0.2, 0.25) is 5.91 Å². The van der Waals surface area contributed by atoms with E-state index in [2.05, 4.69) is 15.0 Å². The molecule has 1 amide bonds. The van der Waals surface area contributed by atoms with Gasteiger partial charge < -0.3 is 10.7 Å². The number of H-pyrrole nitrogens is 1. The molecule has 0 radical (unpaired) electrons. The summed E-state index contributed by atoms with van der Waals surface area (Å²) in [5.74, 6) is -1.19. The molecule has 0 aliphatic rings. The molecule has 0 aliphatic heterocycles. The molecule has 0 saturated carbocycles. The van der Waals surface area contributed by atoms with Gasteiger partial charge in [-0.3, -0.25) is 4.79 Å². The number of fused-ring (bicyclic) bond motifs is 1. The number of halogens is 1. The number of rotatable bonds is 3. The highest BCUT2D eigenvalue weighted by molar-refractivity contribution is 5.93. The van der Waals surface area contributed by atoms with E-state index in [1.807, 2.05) is 0 Å². The fourth-order valence-corrected chi connectivity index (χ4v) is 2.11. The minimum Gasteiger partial charge on any atom is -0.366 e. The molecule has 7 heteroatoms. The van der Waals surface area contributed by atoms with Crippen LogP contribution in [0, 0.1) is 17.1 Å². The number of hydrogen-bond donors (Lipinski definition) is 2. The second-order valence-electron chi connectivity index (χ2n) is 4.74. The third-order valence-electron chi connectivity index (χ3n) is 3.22. The molecule has 0 spiro atoms. The first-order chi connectivity index (χ1) is 11.1. The zero-order chi connectivity index (χ0) is 16.4. The maximum atomic E-state index is 13.7. The van der Waals surface area contributed by atoms with Crippen molar-refractivity contribution in [1.82, 2.24) is 15.0 Å². The van der Waals surface area contributed by atoms with Crippen LogP contribution in [0.4, 0.5) is 4.39 Å². The Morgan fingerprint density at radius 1 is 1.43 bits per heavy atom. The van der Waals surface area contributed by atoms with Crippen LogP contribution in [0.1, 0.15) is 11.1 Å². The molecule has 0 fully saturated rings. The first-order valence-corrected chi connectivity index (χ1v) is 6.60. The Bertz CT molecular complexity index is 984. The molecule has 2 heterocycles. The number of hydrogen-bond acceptors (Lipinski definition) is 4. The van der Waals surface area contributed by atoms with Gasteiger partial charge in [0.1, 0.15) is 17.4 Å². The minimum absolute atomic E-state index is 0.0329. The van der Waals surface area contributed by atoms with E-state index in [4.69, 9.17) is 11.0 Å². The first-order valence-electron chi connectivity index (χ1n) is 6.60. The maximum Gasteiger partial charge on any atom is 0.241 e. The predicted molar refractivity (Wildman–Crippen MR) is 82.2 cm³/mol. The van der Waals surface area contributed by atoms with Crippen molar-refractivity contribution in [3.05, 3.63) is 53.6 Å². The molecule has 0 atom stereocenters. The molecule has 0 saturated heterocycles. The zero-order valence-corrected chi connectivity index (χ0v) is 11.7. The van der Waals surface area contributed by atoms with Crippen LogP contribution in [0.25, 0.3) is 28.5 Å². The van der Waals surface area contributed by atoms with Crippen molar-refractivity contribution in [3.63, 3.8) is 0 Å². The van der Waals surface area contributed by atoms with E-state index in [1.54, 1.807) is 18.3 Å². The van der Waals surface area contributed by atoms with E-state index < -0.39 is 11.7 Å². The van der Waals surface area contributed by atoms with Crippen LogP contribution in [0.3, 0.4) is 0 Å². The Hall–Kier alpha value is -3.53. The van der Waals surface area contributed by atoms with E-state index in [0.717, 1.165) is 0 Å². The Kier molecular flexibility index (Phi) is 3.57. The van der Waals surface area contributed by atoms with Gasteiger partial charge in [0.15, 0.2) is 5.65 Å². The fraction of sp³-hybridized carbons (Fsp3) is 0. The number of aromatic nitrogens is 3. The lowest BCUT2D eigenvalue weighted by Gasteiger charge is -2.02. The second-order valence-corrected chi connectivity index (χ2v) is 4.74. The van der Waals surface area contributed by atoms with Crippen molar-refractivity contribution < 1.29 is 9.18 Å². The highest BCUT2D eigenvalue weighted by Crippen LogP contribution is 2.23. The molecule has 112 valence electrons. The normalized spacial score (nSPS) is 11.0. The van der Waals surface area contributed by atoms with Crippen molar-refractivity contribution in [2.45, 2.75) is 0 Å². The van der Waals surface area contributed by atoms with Gasteiger partial charge in [-0.15, -0.1) is 0 Å². The number of nitrogens with zero attached hydrogens (tertiary/aromatic N) is 3. The summed E-state index contributed by atoms with van der Waals surface area (Å²) in [5, 5.41) is 8.77. The number of nitrogens with one attached hydrogen (secondary N) is 1. The monoisotopic (exact) mass is 307 g/mol. The van der Waals surface area contributed by atoms with Crippen molar-refractivity contribution >= 4 is 23.1 Å². The molecule has 3 N–H and O–H groups in total. The maximum absolute atomic E-state index is 13.7. The summed E-state index contributed by atoms with van der Waals surface area (Å²) < 4.78 is 13.7. The van der Waals surface area contributed by atoms with E-state index in [9.17, 15) is 9.18 Å². The van der Waals surface area contributed by atoms with Gasteiger partial charge in [-0.2, -0.15) is 5.26 Å². The van der Waals surface area contributed by atoms with Crippen molar-refractivity contribution in [3.8, 4) is 17.3 Å². The van der Waals surface area contributed by atoms with Gasteiger partial charge in [-0.05, 0) is 18.2 Å². The Labute approximate surface area is 130 Å². The third kappa shape index (κ3) is 2.78. The number of benzene rings is 1. The van der Waals surface area contributed by atoms with Crippen LogP contribution in [-0.2, 0) is 4.79 Å². The number of nitrogens with two attached hydrogens (primary N) is 1. The summed E-state index contributed by atoms with van der Waals surface area (Å²) >= 11 is 0. The number of amides is 1. The van der Waals surface area contributed by atoms with Crippen molar-refractivity contribution in [2.75, 3.05) is 0 Å². The lowest BCUT2D eigenvalue weighted by Crippen LogP contribution is -2.05. The highest BCUT2D eigenvalue weighted by Gasteiger charge is 2.09. The molecule has 0 bridgehead atoms. The zero-order valence-electron chi connectivity index (χ0n) is 11.7. The standard InChI is InChI=1S/C16H10FN5O/c17-12-5-9(1-2-10(12)6-18)13-8-21-16-15(22-13)11(7-20-16)3-4-14(19)23/h1-5,7-8H,(H2,19,23)(H,20,21)/b4-3+. The topological polar surface area (TPSA) is 108 Å². The van der Waals surface area contributed by atoms with Crippen molar-refractivity contribution in [1.29, 1.82) is 5.26 Å². The highest BCUT2D eigenvalue weighted by atomic mass is 19.1. The predicted octanol–water partition coefficient (Wildman–Crippen LogP) is 2.13. The van der Waals surface area contributed by atoms with Crippen LogP contribution in [0.2, 0.25) is 0 Å². The summed E-state index contributed by atoms with van der Waals surface area (Å²) in [6.07, 6.45) is 5.89. The lowest BCUT2D eigenvalue weighted by molar-refractivity contribution is -0.113. The third-order valence-corrected chi connectivity index (χ3v) is 3.22. The number of nitriles is 1. The summed E-state index contributed by atoms with van der Waals surface area (Å²) in [6, 6.07) is 5.99. The van der Waals surface area contributed by atoms with Crippen molar-refractivity contribution in [2.24, 2.45) is 5.73 Å². The smallest absolute Gasteiger partial charge is 0.241 e. The van der Waals surface area contributed by atoms with Gasteiger partial charge in [0, 0.05) is 23.4 Å². The average Bonchev–Trinajstić information content (AvgIpc) is 2.95. The first kappa shape index (κ1) is 14.4. The van der Waals surface area contributed by atoms with Crippen LogP contribution >= 0.6 is 0 Å². The number of primary amides is 1. The number of carbonyl (C=O) groups is 1. The summed E-state index contributed by atoms with van der Waals surface area (Å²) in [5.41, 5.74) is 7.71. The quantitative estimate of drug-likeness (QED) is 0.722. The van der Waals surface area contributed by atoms with Crippen LogP contribution < -0.4 is 5.73 Å². The van der Waals surface area contributed by atoms with Crippen LogP contribution in [0.15, 0.2) is 36.7 Å². The summed E-state index contributed by atoms with van der Waals surface area (Å²) in [7, 11) is 0. The number of carbonyl (C=O) groups excluding carboxylic acids is 1. The van der Waals surface area contributed by atoms with Gasteiger partial charge in [0.25, 0.3) is 0 Å².